The maximum Gasteiger partial charge on any atom is 0.416 e. The van der Waals surface area contributed by atoms with Gasteiger partial charge >= 0.3 is 12.4 Å². The Morgan fingerprint density at radius 1 is 0.904 bits per heavy atom. The number of nitrogens with zero attached hydrogens (tertiary/aromatic N) is 2. The molecule has 278 valence electrons. The number of sulfone groups is 1. The number of halogens is 7. The highest BCUT2D eigenvalue weighted by atomic mass is 35.5. The lowest BCUT2D eigenvalue weighted by molar-refractivity contribution is -0.385. The zero-order valence-electron chi connectivity index (χ0n) is 26.2. The van der Waals surface area contributed by atoms with E-state index in [2.05, 4.69) is 5.16 Å². The molecule has 1 aliphatic carbocycles. The quantitative estimate of drug-likeness (QED) is 0.0797. The van der Waals surface area contributed by atoms with Crippen LogP contribution in [0.1, 0.15) is 61.9 Å². The van der Waals surface area contributed by atoms with Crippen LogP contribution in [0.2, 0.25) is 5.02 Å². The van der Waals surface area contributed by atoms with E-state index >= 15 is 0 Å². The molecule has 0 atom stereocenters. The molecule has 0 aliphatic heterocycles. The minimum Gasteiger partial charge on any atom is -0.456 e. The average Bonchev–Trinajstić information content (AvgIpc) is 3.75. The van der Waals surface area contributed by atoms with Crippen molar-refractivity contribution in [1.29, 1.82) is 0 Å². The predicted molar refractivity (Wildman–Crippen MR) is 168 cm³/mol. The number of carbonyl (C=O) groups excluding carboxylic acids is 2. The minimum atomic E-state index is -4.71. The van der Waals surface area contributed by atoms with E-state index in [0.717, 1.165) is 49.4 Å². The van der Waals surface area contributed by atoms with Crippen molar-refractivity contribution in [2.24, 2.45) is 0 Å². The molecule has 0 unspecified atom stereocenters. The lowest BCUT2D eigenvalue weighted by atomic mass is 10.0. The van der Waals surface area contributed by atoms with Crippen LogP contribution in [0, 0.1) is 10.1 Å². The number of hydrogen-bond donors (Lipinski definition) is 1. The van der Waals surface area contributed by atoms with Crippen LogP contribution in [0.25, 0.3) is 0 Å². The number of ether oxygens (including phenoxy) is 1. The Hall–Kier alpha value is -5.02. The van der Waals surface area contributed by atoms with E-state index in [-0.39, 0.29) is 28.5 Å². The van der Waals surface area contributed by atoms with Gasteiger partial charge in [-0.15, -0.1) is 0 Å². The topological polar surface area (TPSA) is 193 Å². The van der Waals surface area contributed by atoms with Gasteiger partial charge in [0.05, 0.1) is 44.0 Å². The van der Waals surface area contributed by atoms with Gasteiger partial charge in [-0.1, -0.05) is 16.8 Å². The standard InChI is InChI=1S/C15H10ClF3N2O6S.C15H12F3NO4S/c1-28(25,26)20-14(22)10-7-9(3-4-12(10)21(23)24)27-13-5-2-8(6-11(13)16)15(17,18)19;1-24(21,22)12-6-9(15(16,17)18)4-5-10(12)13(20)11-7-19-23-14(11)8-2-3-8/h2-7H,1H3,(H,20,22);4-8H,2-3H2,1H3. The lowest BCUT2D eigenvalue weighted by Gasteiger charge is -2.12. The molecule has 22 heteroatoms. The normalized spacial score (nSPS) is 13.5. The fourth-order valence-electron chi connectivity index (χ4n) is 4.43. The van der Waals surface area contributed by atoms with Gasteiger partial charge in [0.2, 0.25) is 10.0 Å². The molecule has 0 spiro atoms. The van der Waals surface area contributed by atoms with Crippen molar-refractivity contribution in [1.82, 2.24) is 9.88 Å². The van der Waals surface area contributed by atoms with Crippen LogP contribution in [0.15, 0.2) is 70.2 Å². The first kappa shape index (κ1) is 39.8. The fraction of sp³-hybridized carbons (Fsp3) is 0.233. The number of sulfonamides is 1. The summed E-state index contributed by atoms with van der Waals surface area (Å²) in [6.07, 6.45) is -5.08. The first-order valence-corrected chi connectivity index (χ1v) is 18.3. The first-order valence-electron chi connectivity index (χ1n) is 14.1. The number of rotatable bonds is 9. The summed E-state index contributed by atoms with van der Waals surface area (Å²) in [5.74, 6) is -2.00. The van der Waals surface area contributed by atoms with E-state index in [1.165, 1.54) is 6.20 Å². The number of nitro groups is 1. The van der Waals surface area contributed by atoms with Gasteiger partial charge in [-0.05, 0) is 55.3 Å². The second-order valence-electron chi connectivity index (χ2n) is 11.1. The summed E-state index contributed by atoms with van der Waals surface area (Å²) in [6, 6.07) is 7.14. The number of nitro benzene ring substituents is 1. The zero-order valence-corrected chi connectivity index (χ0v) is 28.6. The van der Waals surface area contributed by atoms with Crippen molar-refractivity contribution in [2.75, 3.05) is 12.5 Å². The SMILES string of the molecule is CS(=O)(=O)NC(=O)c1cc(Oc2ccc(C(F)(F)F)cc2Cl)ccc1[N+](=O)[O-].CS(=O)(=O)c1cc(C(F)(F)F)ccc1C(=O)c1cnoc1C1CC1. The van der Waals surface area contributed by atoms with E-state index in [0.29, 0.717) is 36.3 Å². The van der Waals surface area contributed by atoms with Crippen LogP contribution >= 0.6 is 11.6 Å². The van der Waals surface area contributed by atoms with Crippen molar-refractivity contribution in [3.8, 4) is 11.5 Å². The molecule has 4 aromatic rings. The van der Waals surface area contributed by atoms with Crippen LogP contribution in [0.4, 0.5) is 32.0 Å². The summed E-state index contributed by atoms with van der Waals surface area (Å²) in [5.41, 5.74) is -3.71. The summed E-state index contributed by atoms with van der Waals surface area (Å²) >= 11 is 5.76. The van der Waals surface area contributed by atoms with Gasteiger partial charge in [0.25, 0.3) is 11.6 Å². The first-order chi connectivity index (χ1) is 23.9. The van der Waals surface area contributed by atoms with E-state index in [4.69, 9.17) is 20.9 Å². The molecular formula is C30H22ClF6N3O10S2. The molecule has 0 bridgehead atoms. The van der Waals surface area contributed by atoms with Crippen LogP contribution in [-0.2, 0) is 32.2 Å². The highest BCUT2D eigenvalue weighted by Crippen LogP contribution is 2.43. The van der Waals surface area contributed by atoms with Gasteiger partial charge in [-0.3, -0.25) is 19.7 Å². The van der Waals surface area contributed by atoms with Crippen LogP contribution < -0.4 is 9.46 Å². The molecule has 1 aliphatic rings. The monoisotopic (exact) mass is 797 g/mol. The van der Waals surface area contributed by atoms with Crippen LogP contribution in [0.3, 0.4) is 0 Å². The van der Waals surface area contributed by atoms with Crippen LogP contribution in [-0.4, -0.2) is 51.1 Å². The van der Waals surface area contributed by atoms with Crippen LogP contribution in [0.5, 0.6) is 11.5 Å². The number of hydrogen-bond acceptors (Lipinski definition) is 11. The van der Waals surface area contributed by atoms with Gasteiger partial charge in [0.15, 0.2) is 21.4 Å². The number of alkyl halides is 6. The molecule has 1 saturated carbocycles. The Bertz CT molecular complexity index is 2290. The largest absolute Gasteiger partial charge is 0.456 e. The number of amides is 1. The van der Waals surface area contributed by atoms with Gasteiger partial charge in [-0.25, -0.2) is 21.6 Å². The summed E-state index contributed by atoms with van der Waals surface area (Å²) in [7, 11) is -8.04. The summed E-state index contributed by atoms with van der Waals surface area (Å²) in [4.78, 5) is 34.1. The fourth-order valence-corrected chi connectivity index (χ4v) is 5.99. The Balaban J connectivity index is 0.000000235. The van der Waals surface area contributed by atoms with Crippen molar-refractivity contribution in [2.45, 2.75) is 36.0 Å². The van der Waals surface area contributed by atoms with Crippen molar-refractivity contribution in [3.05, 3.63) is 110 Å². The van der Waals surface area contributed by atoms with Crippen molar-refractivity contribution >= 4 is 48.8 Å². The molecule has 1 fully saturated rings. The molecule has 5 rings (SSSR count). The van der Waals surface area contributed by atoms with E-state index in [9.17, 15) is 62.9 Å². The molecule has 3 aromatic carbocycles. The van der Waals surface area contributed by atoms with E-state index in [1.807, 2.05) is 0 Å². The molecule has 52 heavy (non-hydrogen) atoms. The van der Waals surface area contributed by atoms with E-state index < -0.39 is 81.1 Å². The second kappa shape index (κ2) is 14.5. The summed E-state index contributed by atoms with van der Waals surface area (Å²) < 4.78 is 135. The summed E-state index contributed by atoms with van der Waals surface area (Å²) in [5, 5.41) is 14.2. The molecule has 1 heterocycles. The molecule has 1 N–H and O–H groups in total. The number of aromatic nitrogens is 1. The van der Waals surface area contributed by atoms with Gasteiger partial charge in [0.1, 0.15) is 17.1 Å². The third kappa shape index (κ3) is 9.85. The van der Waals surface area contributed by atoms with Crippen molar-refractivity contribution < 1.29 is 67.0 Å². The Morgan fingerprint density at radius 2 is 1.50 bits per heavy atom. The maximum absolute atomic E-state index is 12.8. The minimum absolute atomic E-state index is 0.0441. The lowest BCUT2D eigenvalue weighted by Crippen LogP contribution is -2.29. The third-order valence-corrected chi connectivity index (χ3v) is 8.91. The molecule has 0 saturated heterocycles. The zero-order chi connectivity index (χ0) is 39.0. The predicted octanol–water partition coefficient (Wildman–Crippen LogP) is 6.95. The van der Waals surface area contributed by atoms with Gasteiger partial charge in [-0.2, -0.15) is 26.3 Å². The smallest absolute Gasteiger partial charge is 0.416 e. The molecule has 0 radical (unpaired) electrons. The Kier molecular flexibility index (Phi) is 11.1. The number of carbonyl (C=O) groups is 2. The number of benzene rings is 3. The molecule has 13 nitrogen and oxygen atoms in total. The number of nitrogens with one attached hydrogen (secondary N) is 1. The molecular weight excluding hydrogens is 776 g/mol. The van der Waals surface area contributed by atoms with Crippen molar-refractivity contribution in [3.63, 3.8) is 0 Å². The highest BCUT2D eigenvalue weighted by Gasteiger charge is 2.36. The highest BCUT2D eigenvalue weighted by molar-refractivity contribution is 7.90. The van der Waals surface area contributed by atoms with E-state index in [1.54, 1.807) is 4.72 Å². The average molecular weight is 798 g/mol. The Morgan fingerprint density at radius 3 is 2.02 bits per heavy atom. The maximum atomic E-state index is 12.8. The molecule has 1 aromatic heterocycles. The third-order valence-electron chi connectivity index (χ3n) is 6.92. The number of ketones is 1. The second-order valence-corrected chi connectivity index (χ2v) is 15.2. The Labute approximate surface area is 294 Å². The molecule has 1 amide bonds. The van der Waals surface area contributed by atoms with Gasteiger partial charge in [0, 0.05) is 29.9 Å². The summed E-state index contributed by atoms with van der Waals surface area (Å²) in [6.45, 7) is 0. The van der Waals surface area contributed by atoms with Gasteiger partial charge < -0.3 is 9.26 Å².